The van der Waals surface area contributed by atoms with E-state index in [1.165, 1.54) is 5.56 Å². The first-order valence-electron chi connectivity index (χ1n) is 8.07. The molecule has 2 aromatic rings. The first-order chi connectivity index (χ1) is 12.7. The maximum absolute atomic E-state index is 5.42. The van der Waals surface area contributed by atoms with E-state index in [-0.39, 0.29) is 0 Å². The summed E-state index contributed by atoms with van der Waals surface area (Å²) in [7, 11) is 1.65. The molecule has 0 saturated heterocycles. The number of fused-ring (bicyclic) bond motifs is 1. The Hall–Kier alpha value is -2.77. The number of nitrogens with one attached hydrogen (secondary N) is 1. The van der Waals surface area contributed by atoms with Gasteiger partial charge in [0.2, 0.25) is 0 Å². The number of allylic oxidation sites excluding steroid dienone is 1. The quantitative estimate of drug-likeness (QED) is 0.784. The van der Waals surface area contributed by atoms with E-state index in [2.05, 4.69) is 38.3 Å². The average Bonchev–Trinajstić information content (AvgIpc) is 2.73. The summed E-state index contributed by atoms with van der Waals surface area (Å²) in [6.45, 7) is 5.33. The van der Waals surface area contributed by atoms with E-state index >= 15 is 0 Å². The van der Waals surface area contributed by atoms with Crippen molar-refractivity contribution in [3.8, 4) is 5.75 Å². The number of methoxy groups -OCH3 is 1. The summed E-state index contributed by atoms with van der Waals surface area (Å²) < 4.78 is 8.32. The molecule has 7 heteroatoms. The van der Waals surface area contributed by atoms with Gasteiger partial charge in [0.05, 0.1) is 31.0 Å². The Morgan fingerprint density at radius 3 is 2.77 bits per heavy atom. The molecule has 0 saturated carbocycles. The molecule has 1 aliphatic rings. The number of nitrogens with zero attached hydrogens (tertiary/aromatic N) is 3. The molecular weight excluding hydrogens is 346 g/mol. The van der Waals surface area contributed by atoms with Crippen LogP contribution < -0.4 is 14.6 Å². The Balaban J connectivity index is 1.83. The molecule has 0 unspecified atom stereocenters. The first kappa shape index (κ1) is 18.0. The minimum absolute atomic E-state index is 0.602. The van der Waals surface area contributed by atoms with Crippen LogP contribution >= 0.6 is 12.1 Å². The minimum atomic E-state index is 0.602. The van der Waals surface area contributed by atoms with E-state index in [0.29, 0.717) is 12.2 Å². The van der Waals surface area contributed by atoms with Crippen molar-refractivity contribution in [3.05, 3.63) is 65.9 Å². The van der Waals surface area contributed by atoms with Gasteiger partial charge < -0.3 is 14.4 Å². The van der Waals surface area contributed by atoms with E-state index < -0.39 is 0 Å². The molecule has 0 atom stereocenters. The molecule has 0 aromatic heterocycles. The molecule has 134 valence electrons. The van der Waals surface area contributed by atoms with Crippen molar-refractivity contribution in [1.29, 1.82) is 0 Å². The number of nitrogens with two attached hydrogens (primary N) is 1. The molecule has 0 fully saturated rings. The highest BCUT2D eigenvalue weighted by atomic mass is 32.2. The smallest absolute Gasteiger partial charge is 0.121 e. The van der Waals surface area contributed by atoms with Crippen molar-refractivity contribution in [1.82, 2.24) is 4.90 Å². The molecule has 0 aliphatic carbocycles. The van der Waals surface area contributed by atoms with E-state index in [9.17, 15) is 0 Å². The van der Waals surface area contributed by atoms with Gasteiger partial charge in [-0.3, -0.25) is 10.1 Å². The van der Waals surface area contributed by atoms with Crippen LogP contribution in [0, 0.1) is 0 Å². The summed E-state index contributed by atoms with van der Waals surface area (Å²) in [6.07, 6.45) is 3.48. The van der Waals surface area contributed by atoms with E-state index in [1.807, 2.05) is 36.7 Å². The molecule has 26 heavy (non-hydrogen) atoms. The van der Waals surface area contributed by atoms with Crippen LogP contribution in [0.15, 0.2) is 64.7 Å². The summed E-state index contributed by atoms with van der Waals surface area (Å²) in [4.78, 5) is 11.0. The zero-order chi connectivity index (χ0) is 18.4. The van der Waals surface area contributed by atoms with Gasteiger partial charge in [-0.05, 0) is 29.3 Å². The summed E-state index contributed by atoms with van der Waals surface area (Å²) in [5, 5.41) is 5.42. The number of aliphatic imine (C=N–C) groups is 2. The van der Waals surface area contributed by atoms with Crippen molar-refractivity contribution in [3.63, 3.8) is 0 Å². The fourth-order valence-corrected chi connectivity index (χ4v) is 2.87. The van der Waals surface area contributed by atoms with Crippen LogP contribution in [0.5, 0.6) is 5.75 Å². The van der Waals surface area contributed by atoms with Gasteiger partial charge in [-0.2, -0.15) is 0 Å². The molecule has 0 amide bonds. The predicted molar refractivity (Wildman–Crippen MR) is 110 cm³/mol. The lowest BCUT2D eigenvalue weighted by atomic mass is 10.1. The van der Waals surface area contributed by atoms with Gasteiger partial charge in [0, 0.05) is 37.0 Å². The monoisotopic (exact) mass is 367 g/mol. The zero-order valence-electron chi connectivity index (χ0n) is 14.6. The van der Waals surface area contributed by atoms with Gasteiger partial charge in [0.25, 0.3) is 0 Å². The van der Waals surface area contributed by atoms with Crippen LogP contribution in [0.1, 0.15) is 11.1 Å². The van der Waals surface area contributed by atoms with Crippen LogP contribution in [-0.2, 0) is 13.1 Å². The maximum Gasteiger partial charge on any atom is 0.121 e. The largest absolute Gasteiger partial charge is 0.497 e. The Morgan fingerprint density at radius 2 is 2.04 bits per heavy atom. The van der Waals surface area contributed by atoms with Gasteiger partial charge in [0.1, 0.15) is 5.75 Å². The summed E-state index contributed by atoms with van der Waals surface area (Å²) in [5.41, 5.74) is 4.70. The Labute approximate surface area is 157 Å². The third-order valence-electron chi connectivity index (χ3n) is 3.92. The van der Waals surface area contributed by atoms with E-state index in [0.717, 1.165) is 41.4 Å². The minimum Gasteiger partial charge on any atom is -0.497 e. The second-order valence-electron chi connectivity index (χ2n) is 5.81. The SMILES string of the molecule is C=C1C=Nc2cc(OC)ccc2CN(Cc2ccc(NSN)cc2)C=N1. The number of ether oxygens (including phenoxy) is 1. The fourth-order valence-electron chi connectivity index (χ4n) is 2.59. The molecule has 2 aromatic carbocycles. The topological polar surface area (TPSA) is 75.2 Å². The Morgan fingerprint density at radius 1 is 1.23 bits per heavy atom. The predicted octanol–water partition coefficient (Wildman–Crippen LogP) is 3.89. The molecule has 3 rings (SSSR count). The second-order valence-corrected chi connectivity index (χ2v) is 6.25. The van der Waals surface area contributed by atoms with Crippen molar-refractivity contribution in [2.45, 2.75) is 13.1 Å². The highest BCUT2D eigenvalue weighted by molar-refractivity contribution is 7.98. The van der Waals surface area contributed by atoms with Gasteiger partial charge in [-0.15, -0.1) is 0 Å². The van der Waals surface area contributed by atoms with Crippen LogP contribution in [0.2, 0.25) is 0 Å². The fraction of sp³-hybridized carbons (Fsp3) is 0.158. The average molecular weight is 367 g/mol. The highest BCUT2D eigenvalue weighted by Crippen LogP contribution is 2.27. The van der Waals surface area contributed by atoms with Gasteiger partial charge in [-0.25, -0.2) is 4.99 Å². The van der Waals surface area contributed by atoms with Crippen LogP contribution in [0.25, 0.3) is 0 Å². The number of hydrogen-bond acceptors (Lipinski definition) is 7. The summed E-state index contributed by atoms with van der Waals surface area (Å²) in [6, 6.07) is 14.0. The molecule has 0 radical (unpaired) electrons. The van der Waals surface area contributed by atoms with Crippen molar-refractivity contribution < 1.29 is 4.74 Å². The zero-order valence-corrected chi connectivity index (χ0v) is 15.4. The second kappa shape index (κ2) is 8.55. The molecule has 6 nitrogen and oxygen atoms in total. The standard InChI is InChI=1S/C19H21N5OS/c1-14-10-21-19-9-18(25-2)8-5-16(19)12-24(13-22-14)11-15-3-6-17(7-4-15)23-26-20/h3-10,13,23H,1,11-12,20H2,2H3. The molecule has 1 aliphatic heterocycles. The summed E-state index contributed by atoms with van der Waals surface area (Å²) in [5.74, 6) is 0.777. The molecule has 1 heterocycles. The lowest BCUT2D eigenvalue weighted by molar-refractivity contribution is 0.410. The molecule has 0 bridgehead atoms. The van der Waals surface area contributed by atoms with Gasteiger partial charge in [-0.1, -0.05) is 24.8 Å². The van der Waals surface area contributed by atoms with Gasteiger partial charge >= 0.3 is 0 Å². The van der Waals surface area contributed by atoms with Crippen molar-refractivity contribution in [2.75, 3.05) is 11.8 Å². The van der Waals surface area contributed by atoms with Crippen molar-refractivity contribution >= 4 is 36.1 Å². The van der Waals surface area contributed by atoms with E-state index in [1.54, 1.807) is 13.3 Å². The van der Waals surface area contributed by atoms with Crippen LogP contribution in [0.4, 0.5) is 11.4 Å². The van der Waals surface area contributed by atoms with Crippen molar-refractivity contribution in [2.24, 2.45) is 15.1 Å². The van der Waals surface area contributed by atoms with Crippen LogP contribution in [-0.4, -0.2) is 24.6 Å². The summed E-state index contributed by atoms with van der Waals surface area (Å²) >= 11 is 1.08. The Bertz CT molecular complexity index is 832. The normalized spacial score (nSPS) is 13.6. The number of hydrogen-bond donors (Lipinski definition) is 2. The number of rotatable bonds is 5. The number of benzene rings is 2. The van der Waals surface area contributed by atoms with Gasteiger partial charge in [0.15, 0.2) is 0 Å². The lowest BCUT2D eigenvalue weighted by Gasteiger charge is -2.20. The molecular formula is C19H21N5OS. The number of anilines is 1. The van der Waals surface area contributed by atoms with E-state index in [4.69, 9.17) is 9.88 Å². The highest BCUT2D eigenvalue weighted by Gasteiger charge is 2.10. The third kappa shape index (κ3) is 4.65. The lowest BCUT2D eigenvalue weighted by Crippen LogP contribution is -2.21. The third-order valence-corrected chi connectivity index (χ3v) is 4.28. The molecule has 3 N–H and O–H groups in total. The van der Waals surface area contributed by atoms with Crippen LogP contribution in [0.3, 0.4) is 0 Å². The first-order valence-corrected chi connectivity index (χ1v) is 8.94. The molecule has 0 spiro atoms. The Kier molecular flexibility index (Phi) is 5.93. The maximum atomic E-state index is 5.42.